The van der Waals surface area contributed by atoms with Crippen molar-refractivity contribution >= 4 is 21.4 Å². The summed E-state index contributed by atoms with van der Waals surface area (Å²) in [5.41, 5.74) is 2.31. The van der Waals surface area contributed by atoms with Crippen molar-refractivity contribution in [3.05, 3.63) is 46.2 Å². The fraction of sp³-hybridized carbons (Fsp3) is 0.182. The van der Waals surface area contributed by atoms with Gasteiger partial charge in [-0.3, -0.25) is 0 Å². The lowest BCUT2D eigenvalue weighted by molar-refractivity contribution is 0.278. The van der Waals surface area contributed by atoms with Gasteiger partial charge in [0.1, 0.15) is 5.82 Å². The molecular formula is C11H11FN2O3S2. The molecule has 0 radical (unpaired) electrons. The largest absolute Gasteiger partial charge is 0.392 e. The SMILES string of the molecule is O=S(=O)(NCc1cscn1)c1cc(F)ccc1CO. The van der Waals surface area contributed by atoms with Crippen molar-refractivity contribution in [3.8, 4) is 0 Å². The van der Waals surface area contributed by atoms with Crippen LogP contribution in [0.2, 0.25) is 0 Å². The third-order valence-electron chi connectivity index (χ3n) is 2.42. The number of benzene rings is 1. The number of rotatable bonds is 5. The number of aliphatic hydroxyl groups excluding tert-OH is 1. The van der Waals surface area contributed by atoms with Gasteiger partial charge >= 0.3 is 0 Å². The van der Waals surface area contributed by atoms with Gasteiger partial charge in [-0.05, 0) is 17.7 Å². The van der Waals surface area contributed by atoms with E-state index in [-0.39, 0.29) is 17.0 Å². The van der Waals surface area contributed by atoms with Gasteiger partial charge in [0.25, 0.3) is 0 Å². The third kappa shape index (κ3) is 3.35. The summed E-state index contributed by atoms with van der Waals surface area (Å²) in [6, 6.07) is 3.23. The Morgan fingerprint density at radius 1 is 1.42 bits per heavy atom. The van der Waals surface area contributed by atoms with Gasteiger partial charge in [-0.2, -0.15) is 0 Å². The van der Waals surface area contributed by atoms with Gasteiger partial charge in [0.05, 0.1) is 29.3 Å². The van der Waals surface area contributed by atoms with Crippen molar-refractivity contribution < 1.29 is 17.9 Å². The molecule has 0 aliphatic rings. The number of nitrogens with zero attached hydrogens (tertiary/aromatic N) is 1. The maximum atomic E-state index is 13.1. The van der Waals surface area contributed by atoms with Gasteiger partial charge in [0, 0.05) is 5.38 Å². The number of sulfonamides is 1. The van der Waals surface area contributed by atoms with Gasteiger partial charge in [-0.1, -0.05) is 6.07 Å². The minimum absolute atomic E-state index is 0.0210. The molecule has 1 aromatic carbocycles. The summed E-state index contributed by atoms with van der Waals surface area (Å²) in [5, 5.41) is 10.8. The molecule has 2 N–H and O–H groups in total. The highest BCUT2D eigenvalue weighted by molar-refractivity contribution is 7.89. The van der Waals surface area contributed by atoms with Crippen molar-refractivity contribution in [1.29, 1.82) is 0 Å². The zero-order valence-electron chi connectivity index (χ0n) is 9.71. The summed E-state index contributed by atoms with van der Waals surface area (Å²) in [6.07, 6.45) is 0. The standard InChI is InChI=1S/C11H11FN2O3S2/c12-9-2-1-8(5-15)11(3-9)19(16,17)14-4-10-6-18-7-13-10/h1-3,6-7,14-15H,4-5H2. The molecule has 0 bridgehead atoms. The molecule has 0 spiro atoms. The summed E-state index contributed by atoms with van der Waals surface area (Å²) < 4.78 is 39.6. The molecule has 0 fully saturated rings. The number of hydrogen-bond acceptors (Lipinski definition) is 5. The molecule has 0 aliphatic carbocycles. The van der Waals surface area contributed by atoms with Crippen molar-refractivity contribution in [3.63, 3.8) is 0 Å². The molecule has 102 valence electrons. The van der Waals surface area contributed by atoms with Gasteiger partial charge in [-0.25, -0.2) is 22.5 Å². The van der Waals surface area contributed by atoms with E-state index in [9.17, 15) is 12.8 Å². The molecule has 0 saturated carbocycles. The highest BCUT2D eigenvalue weighted by Crippen LogP contribution is 2.17. The van der Waals surface area contributed by atoms with Crippen LogP contribution < -0.4 is 4.72 Å². The number of aromatic nitrogens is 1. The lowest BCUT2D eigenvalue weighted by Crippen LogP contribution is -2.24. The van der Waals surface area contributed by atoms with Crippen LogP contribution in [-0.4, -0.2) is 18.5 Å². The molecule has 1 heterocycles. The first-order valence-electron chi connectivity index (χ1n) is 5.29. The van der Waals surface area contributed by atoms with Crippen LogP contribution in [-0.2, 0) is 23.2 Å². The molecule has 0 saturated heterocycles. The molecule has 1 aromatic heterocycles. The topological polar surface area (TPSA) is 79.3 Å². The highest BCUT2D eigenvalue weighted by Gasteiger charge is 2.19. The first-order valence-corrected chi connectivity index (χ1v) is 7.71. The van der Waals surface area contributed by atoms with Crippen LogP contribution in [0.1, 0.15) is 11.3 Å². The van der Waals surface area contributed by atoms with Crippen molar-refractivity contribution in [1.82, 2.24) is 9.71 Å². The molecule has 0 amide bonds. The predicted molar refractivity (Wildman–Crippen MR) is 68.5 cm³/mol. The summed E-state index contributed by atoms with van der Waals surface area (Å²) in [7, 11) is -3.89. The number of nitrogens with one attached hydrogen (secondary N) is 1. The molecular weight excluding hydrogens is 291 g/mol. The highest BCUT2D eigenvalue weighted by atomic mass is 32.2. The first kappa shape index (κ1) is 14.1. The quantitative estimate of drug-likeness (QED) is 0.871. The average molecular weight is 302 g/mol. The molecule has 19 heavy (non-hydrogen) atoms. The fourth-order valence-corrected chi connectivity index (χ4v) is 3.28. The lowest BCUT2D eigenvalue weighted by Gasteiger charge is -2.09. The fourth-order valence-electron chi connectivity index (χ4n) is 1.48. The van der Waals surface area contributed by atoms with Gasteiger partial charge in [0.15, 0.2) is 0 Å². The van der Waals surface area contributed by atoms with Crippen LogP contribution in [0.4, 0.5) is 4.39 Å². The molecule has 0 unspecified atom stereocenters. The van der Waals surface area contributed by atoms with Crippen LogP contribution >= 0.6 is 11.3 Å². The molecule has 5 nitrogen and oxygen atoms in total. The van der Waals surface area contributed by atoms with Gasteiger partial charge in [0.2, 0.25) is 10.0 Å². The predicted octanol–water partition coefficient (Wildman–Crippen LogP) is 1.25. The second-order valence-electron chi connectivity index (χ2n) is 3.71. The maximum absolute atomic E-state index is 13.1. The second-order valence-corrected chi connectivity index (χ2v) is 6.17. The number of aliphatic hydroxyl groups is 1. The van der Waals surface area contributed by atoms with Gasteiger partial charge < -0.3 is 5.11 Å². The third-order valence-corrected chi connectivity index (χ3v) is 4.53. The van der Waals surface area contributed by atoms with Crippen LogP contribution in [0.3, 0.4) is 0 Å². The van der Waals surface area contributed by atoms with E-state index in [1.807, 2.05) is 0 Å². The Morgan fingerprint density at radius 3 is 2.84 bits per heavy atom. The summed E-state index contributed by atoms with van der Waals surface area (Å²) >= 11 is 1.35. The molecule has 8 heteroatoms. The van der Waals surface area contributed by atoms with Crippen molar-refractivity contribution in [2.45, 2.75) is 18.0 Å². The van der Waals surface area contributed by atoms with Crippen LogP contribution in [0, 0.1) is 5.82 Å². The lowest BCUT2D eigenvalue weighted by atomic mass is 10.2. The summed E-state index contributed by atoms with van der Waals surface area (Å²) in [6.45, 7) is -0.458. The molecule has 0 aliphatic heterocycles. The molecule has 0 atom stereocenters. The van der Waals surface area contributed by atoms with E-state index >= 15 is 0 Å². The summed E-state index contributed by atoms with van der Waals surface area (Å²) in [5.74, 6) is -0.675. The van der Waals surface area contributed by atoms with Gasteiger partial charge in [-0.15, -0.1) is 11.3 Å². The van der Waals surface area contributed by atoms with Crippen LogP contribution in [0.15, 0.2) is 34.0 Å². The van der Waals surface area contributed by atoms with E-state index in [0.717, 1.165) is 12.1 Å². The zero-order valence-corrected chi connectivity index (χ0v) is 11.3. The van der Waals surface area contributed by atoms with Crippen LogP contribution in [0.25, 0.3) is 0 Å². The normalized spacial score (nSPS) is 11.7. The minimum atomic E-state index is -3.89. The second kappa shape index (κ2) is 5.74. The van der Waals surface area contributed by atoms with E-state index in [0.29, 0.717) is 5.69 Å². The first-order chi connectivity index (χ1) is 9.03. The minimum Gasteiger partial charge on any atom is -0.392 e. The van der Waals surface area contributed by atoms with E-state index in [1.54, 1.807) is 10.9 Å². The monoisotopic (exact) mass is 302 g/mol. The molecule has 2 aromatic rings. The Kier molecular flexibility index (Phi) is 4.25. The van der Waals surface area contributed by atoms with Crippen LogP contribution in [0.5, 0.6) is 0 Å². The van der Waals surface area contributed by atoms with Crippen molar-refractivity contribution in [2.24, 2.45) is 0 Å². The number of thiazole rings is 1. The smallest absolute Gasteiger partial charge is 0.241 e. The van der Waals surface area contributed by atoms with Crippen molar-refractivity contribution in [2.75, 3.05) is 0 Å². The van der Waals surface area contributed by atoms with E-state index in [1.165, 1.54) is 17.4 Å². The Bertz CT molecular complexity index is 657. The number of halogens is 1. The average Bonchev–Trinajstić information content (AvgIpc) is 2.89. The Morgan fingerprint density at radius 2 is 2.21 bits per heavy atom. The Labute approximate surface area is 113 Å². The Balaban J connectivity index is 2.26. The molecule has 2 rings (SSSR count). The van der Waals surface area contributed by atoms with E-state index in [2.05, 4.69) is 9.71 Å². The van der Waals surface area contributed by atoms with E-state index in [4.69, 9.17) is 5.11 Å². The summed E-state index contributed by atoms with van der Waals surface area (Å²) in [4.78, 5) is 3.68. The van der Waals surface area contributed by atoms with E-state index < -0.39 is 22.4 Å². The number of hydrogen-bond donors (Lipinski definition) is 2. The maximum Gasteiger partial charge on any atom is 0.241 e. The Hall–Kier alpha value is -1.35. The zero-order chi connectivity index (χ0) is 13.9.